The zero-order valence-corrected chi connectivity index (χ0v) is 20.5. The van der Waals surface area contributed by atoms with Crippen molar-refractivity contribution in [2.45, 2.75) is 11.8 Å². The molecule has 0 radical (unpaired) electrons. The molecule has 38 heavy (non-hydrogen) atoms. The summed E-state index contributed by atoms with van der Waals surface area (Å²) in [7, 11) is 0. The number of benzene rings is 6. The third kappa shape index (κ3) is 3.61. The van der Waals surface area contributed by atoms with Gasteiger partial charge in [0, 0.05) is 0 Å². The van der Waals surface area contributed by atoms with Crippen molar-refractivity contribution < 1.29 is 12.3 Å². The average molecular weight is 494 g/mol. The van der Waals surface area contributed by atoms with Crippen LogP contribution >= 0.6 is 0 Å². The van der Waals surface area contributed by atoms with E-state index in [2.05, 4.69) is 48.5 Å². The van der Waals surface area contributed by atoms with Crippen molar-refractivity contribution in [2.75, 3.05) is 0 Å². The average Bonchev–Trinajstić information content (AvgIpc) is 3.40. The Hall–Kier alpha value is -4.68. The maximum absolute atomic E-state index is 8.92. The minimum absolute atomic E-state index is 0.0967. The smallest absolute Gasteiger partial charge is 0.0622 e. The first-order chi connectivity index (χ1) is 22.6. The van der Waals surface area contributed by atoms with Crippen LogP contribution in [0, 0.1) is 0 Å². The zero-order valence-electron chi connectivity index (χ0n) is 29.5. The van der Waals surface area contributed by atoms with Crippen molar-refractivity contribution >= 4 is 0 Å². The Morgan fingerprint density at radius 1 is 0.474 bits per heavy atom. The standard InChI is InChI=1S/C38H28/c1-4-12-30(13-5-1)31-23-20-28(21-24-31)26-29-22-25-35-34-18-10-11-19-36(34)38(37(35)27-29,32-14-6-2-7-15-32)33-16-8-3-9-17-33/h1-25,27H,26H2/i1D,4D,5D,12D,13D,20D,21D,23D,24D. The lowest BCUT2D eigenvalue weighted by atomic mass is 9.67. The van der Waals surface area contributed by atoms with Crippen molar-refractivity contribution in [3.63, 3.8) is 0 Å². The van der Waals surface area contributed by atoms with Gasteiger partial charge in [-0.1, -0.05) is 158 Å². The van der Waals surface area contributed by atoms with Gasteiger partial charge in [0.2, 0.25) is 0 Å². The van der Waals surface area contributed by atoms with Gasteiger partial charge in [0.15, 0.2) is 0 Å². The fourth-order valence-corrected chi connectivity index (χ4v) is 5.73. The fourth-order valence-electron chi connectivity index (χ4n) is 5.73. The quantitative estimate of drug-likeness (QED) is 0.224. The summed E-state index contributed by atoms with van der Waals surface area (Å²) in [5.74, 6) is 0. The van der Waals surface area contributed by atoms with E-state index < -0.39 is 47.7 Å². The Morgan fingerprint density at radius 2 is 1.05 bits per heavy atom. The molecule has 0 saturated heterocycles. The van der Waals surface area contributed by atoms with E-state index in [9.17, 15) is 0 Å². The summed E-state index contributed by atoms with van der Waals surface area (Å²) in [6, 6.07) is 30.7. The van der Waals surface area contributed by atoms with E-state index in [0.29, 0.717) is 0 Å². The zero-order chi connectivity index (χ0) is 33.2. The van der Waals surface area contributed by atoms with Gasteiger partial charge in [-0.15, -0.1) is 0 Å². The molecule has 6 aromatic carbocycles. The summed E-state index contributed by atoms with van der Waals surface area (Å²) in [4.78, 5) is 0. The maximum atomic E-state index is 8.92. The van der Waals surface area contributed by atoms with Crippen molar-refractivity contribution in [3.8, 4) is 22.3 Å². The lowest BCUT2D eigenvalue weighted by molar-refractivity contribution is 0.767. The predicted molar refractivity (Wildman–Crippen MR) is 158 cm³/mol. The van der Waals surface area contributed by atoms with E-state index in [1.165, 1.54) is 0 Å². The van der Waals surface area contributed by atoms with Gasteiger partial charge in [0.05, 0.1) is 17.8 Å². The highest BCUT2D eigenvalue weighted by atomic mass is 14.5. The lowest BCUT2D eigenvalue weighted by Crippen LogP contribution is -2.28. The van der Waals surface area contributed by atoms with Crippen LogP contribution in [0.15, 0.2) is 158 Å². The van der Waals surface area contributed by atoms with Crippen LogP contribution in [0.25, 0.3) is 22.3 Å². The number of rotatable bonds is 5. The number of fused-ring (bicyclic) bond motifs is 3. The molecule has 180 valence electrons. The highest BCUT2D eigenvalue weighted by molar-refractivity contribution is 5.86. The summed E-state index contributed by atoms with van der Waals surface area (Å²) in [5.41, 5.74) is 6.27. The molecule has 0 nitrogen and oxygen atoms in total. The maximum Gasteiger partial charge on any atom is 0.0713 e. The van der Waals surface area contributed by atoms with Gasteiger partial charge in [-0.05, 0) is 62.1 Å². The third-order valence-corrected chi connectivity index (χ3v) is 7.33. The molecular formula is C38H28. The Morgan fingerprint density at radius 3 is 1.74 bits per heavy atom. The minimum atomic E-state index is -0.635. The summed E-state index contributed by atoms with van der Waals surface area (Å²) in [6.07, 6.45) is 0.0967. The van der Waals surface area contributed by atoms with Gasteiger partial charge in [-0.25, -0.2) is 0 Å². The van der Waals surface area contributed by atoms with Gasteiger partial charge < -0.3 is 0 Å². The van der Waals surface area contributed by atoms with Crippen molar-refractivity contribution in [2.24, 2.45) is 0 Å². The normalized spacial score (nSPS) is 16.4. The van der Waals surface area contributed by atoms with E-state index in [1.54, 1.807) is 0 Å². The van der Waals surface area contributed by atoms with Crippen LogP contribution in [0.3, 0.4) is 0 Å². The van der Waals surface area contributed by atoms with Gasteiger partial charge >= 0.3 is 0 Å². The fraction of sp³-hybridized carbons (Fsp3) is 0.0526. The Labute approximate surface area is 237 Å². The topological polar surface area (TPSA) is 0 Å². The van der Waals surface area contributed by atoms with Crippen LogP contribution in [0.2, 0.25) is 0 Å². The highest BCUT2D eigenvalue weighted by Gasteiger charge is 2.45. The van der Waals surface area contributed by atoms with Crippen LogP contribution in [0.5, 0.6) is 0 Å². The van der Waals surface area contributed by atoms with E-state index in [-0.39, 0.29) is 35.2 Å². The second kappa shape index (κ2) is 9.32. The number of hydrogen-bond donors (Lipinski definition) is 0. The Balaban J connectivity index is 1.42. The first-order valence-electron chi connectivity index (χ1n) is 17.1. The van der Waals surface area contributed by atoms with E-state index >= 15 is 0 Å². The Kier molecular flexibility index (Phi) is 3.66. The van der Waals surface area contributed by atoms with Crippen molar-refractivity contribution in [1.29, 1.82) is 0 Å². The molecular weight excluding hydrogens is 456 g/mol. The summed E-state index contributed by atoms with van der Waals surface area (Å²) in [6.45, 7) is 0. The second-order valence-electron chi connectivity index (χ2n) is 9.44. The number of hydrogen-bond acceptors (Lipinski definition) is 0. The molecule has 1 aliphatic rings. The summed E-state index contributed by atoms with van der Waals surface area (Å²) in [5, 5.41) is 0. The summed E-state index contributed by atoms with van der Waals surface area (Å²) >= 11 is 0. The summed E-state index contributed by atoms with van der Waals surface area (Å²) < 4.78 is 76.3. The van der Waals surface area contributed by atoms with Crippen molar-refractivity contribution in [3.05, 3.63) is 191 Å². The van der Waals surface area contributed by atoms with Crippen LogP contribution < -0.4 is 0 Å². The molecule has 0 heteroatoms. The monoisotopic (exact) mass is 493 g/mol. The first kappa shape index (κ1) is 14.9. The third-order valence-electron chi connectivity index (χ3n) is 7.33. The van der Waals surface area contributed by atoms with E-state index in [4.69, 9.17) is 12.3 Å². The van der Waals surface area contributed by atoms with Crippen LogP contribution in [-0.4, -0.2) is 0 Å². The largest absolute Gasteiger partial charge is 0.0713 e. The van der Waals surface area contributed by atoms with Crippen LogP contribution in [0.1, 0.15) is 45.7 Å². The van der Waals surface area contributed by atoms with Gasteiger partial charge in [0.1, 0.15) is 0 Å². The molecule has 0 amide bonds. The molecule has 0 N–H and O–H groups in total. The van der Waals surface area contributed by atoms with Crippen LogP contribution in [-0.2, 0) is 11.8 Å². The molecule has 0 spiro atoms. The van der Waals surface area contributed by atoms with E-state index in [0.717, 1.165) is 38.9 Å². The molecule has 0 heterocycles. The second-order valence-corrected chi connectivity index (χ2v) is 9.44. The highest BCUT2D eigenvalue weighted by Crippen LogP contribution is 2.56. The van der Waals surface area contributed by atoms with Gasteiger partial charge in [-0.2, -0.15) is 0 Å². The van der Waals surface area contributed by atoms with Gasteiger partial charge in [0.25, 0.3) is 0 Å². The molecule has 0 atom stereocenters. The van der Waals surface area contributed by atoms with Gasteiger partial charge in [-0.3, -0.25) is 0 Å². The molecule has 1 aliphatic carbocycles. The Bertz CT molecular complexity index is 2110. The van der Waals surface area contributed by atoms with E-state index in [1.807, 2.05) is 54.6 Å². The molecule has 0 unspecified atom stereocenters. The molecule has 6 aromatic rings. The molecule has 0 fully saturated rings. The molecule has 0 bridgehead atoms. The molecule has 7 rings (SSSR count). The molecule has 0 aliphatic heterocycles. The minimum Gasteiger partial charge on any atom is -0.0622 e. The van der Waals surface area contributed by atoms with Crippen LogP contribution in [0.4, 0.5) is 0 Å². The lowest BCUT2D eigenvalue weighted by Gasteiger charge is -2.34. The molecule has 0 aromatic heterocycles. The first-order valence-corrected chi connectivity index (χ1v) is 12.6. The SMILES string of the molecule is [2H]c1c([2H])c([2H])c(-c2c([2H])c([2H])c(Cc3ccc4c(c3)C(c3ccccc3)(c3ccccc3)c3ccccc3-4)c([2H])c2[2H])c([2H])c1[2H]. The predicted octanol–water partition coefficient (Wildman–Crippen LogP) is 9.31. The molecule has 0 saturated carbocycles. The van der Waals surface area contributed by atoms with Crippen molar-refractivity contribution in [1.82, 2.24) is 0 Å².